The summed E-state index contributed by atoms with van der Waals surface area (Å²) in [4.78, 5) is 20.2. The Hall–Kier alpha value is -1.41. The zero-order valence-corrected chi connectivity index (χ0v) is 6.89. The molecule has 4 nitrogen and oxygen atoms in total. The first-order valence-corrected chi connectivity index (χ1v) is 3.56. The fourth-order valence-corrected chi connectivity index (χ4v) is 1.19. The molecule has 9 heteroatoms. The van der Waals surface area contributed by atoms with E-state index in [2.05, 4.69) is 0 Å². The Labute approximate surface area is 79.3 Å². The van der Waals surface area contributed by atoms with Crippen molar-refractivity contribution in [1.29, 1.82) is 0 Å². The predicted octanol–water partition coefficient (Wildman–Crippen LogP) is 0.479. The van der Waals surface area contributed by atoms with Crippen LogP contribution in [0.25, 0.3) is 0 Å². The minimum atomic E-state index is -5.34. The molecule has 86 valence electrons. The molecule has 0 aromatic heterocycles. The number of aliphatic carboxylic acids is 1. The van der Waals surface area contributed by atoms with Crippen LogP contribution >= 0.6 is 0 Å². The van der Waals surface area contributed by atoms with Crippen molar-refractivity contribution in [1.82, 2.24) is 4.90 Å². The molecule has 0 saturated carbocycles. The van der Waals surface area contributed by atoms with Crippen LogP contribution in [-0.4, -0.2) is 46.6 Å². The SMILES string of the molecule is O=C(O)C1N(C(=O)C(F)(F)F)CC1(F)F. The van der Waals surface area contributed by atoms with Gasteiger partial charge >= 0.3 is 18.1 Å². The maximum absolute atomic E-state index is 12.5. The zero-order valence-electron chi connectivity index (χ0n) is 6.89. The summed E-state index contributed by atoms with van der Waals surface area (Å²) in [5.74, 6) is -8.54. The summed E-state index contributed by atoms with van der Waals surface area (Å²) in [6.45, 7) is -1.53. The van der Waals surface area contributed by atoms with Gasteiger partial charge in [0.1, 0.15) is 0 Å². The average molecular weight is 233 g/mol. The summed E-state index contributed by atoms with van der Waals surface area (Å²) in [5, 5.41) is 8.21. The highest BCUT2D eigenvalue weighted by Crippen LogP contribution is 2.37. The quantitative estimate of drug-likeness (QED) is 0.670. The maximum atomic E-state index is 12.5. The lowest BCUT2D eigenvalue weighted by molar-refractivity contribution is -0.230. The van der Waals surface area contributed by atoms with Crippen molar-refractivity contribution in [2.75, 3.05) is 6.54 Å². The van der Waals surface area contributed by atoms with Gasteiger partial charge in [0.15, 0.2) is 6.04 Å². The van der Waals surface area contributed by atoms with E-state index in [1.165, 1.54) is 0 Å². The first-order chi connectivity index (χ1) is 6.57. The van der Waals surface area contributed by atoms with Gasteiger partial charge in [0.05, 0.1) is 6.54 Å². The molecule has 0 bridgehead atoms. The second-order valence-corrected chi connectivity index (χ2v) is 2.93. The molecule has 1 N–H and O–H groups in total. The summed E-state index contributed by atoms with van der Waals surface area (Å²) in [7, 11) is 0. The minimum absolute atomic E-state index is 0.414. The van der Waals surface area contributed by atoms with Crippen molar-refractivity contribution in [3.8, 4) is 0 Å². The number of alkyl halides is 5. The Balaban J connectivity index is 2.85. The molecule has 0 aromatic rings. The molecule has 0 aliphatic carbocycles. The highest BCUT2D eigenvalue weighted by molar-refractivity contribution is 5.89. The van der Waals surface area contributed by atoms with Crippen LogP contribution in [0.4, 0.5) is 22.0 Å². The number of amides is 1. The molecule has 0 spiro atoms. The van der Waals surface area contributed by atoms with Crippen molar-refractivity contribution in [3.05, 3.63) is 0 Å². The fraction of sp³-hybridized carbons (Fsp3) is 0.667. The monoisotopic (exact) mass is 233 g/mol. The Morgan fingerprint density at radius 1 is 1.33 bits per heavy atom. The third-order valence-electron chi connectivity index (χ3n) is 1.83. The highest BCUT2D eigenvalue weighted by atomic mass is 19.4. The van der Waals surface area contributed by atoms with Crippen LogP contribution in [0.15, 0.2) is 0 Å². The zero-order chi connectivity index (χ0) is 12.0. The first kappa shape index (κ1) is 11.7. The number of rotatable bonds is 1. The lowest BCUT2D eigenvalue weighted by atomic mass is 9.98. The van der Waals surface area contributed by atoms with E-state index in [1.807, 2.05) is 0 Å². The number of carboxylic acid groups (broad SMARTS) is 1. The largest absolute Gasteiger partial charge is 0.480 e. The molecule has 0 radical (unpaired) electrons. The Bertz CT molecular complexity index is 312. The van der Waals surface area contributed by atoms with Gasteiger partial charge in [0.2, 0.25) is 0 Å². The number of nitrogens with zero attached hydrogens (tertiary/aromatic N) is 1. The molecule has 1 amide bonds. The van der Waals surface area contributed by atoms with Gasteiger partial charge in [0.25, 0.3) is 5.92 Å². The second-order valence-electron chi connectivity index (χ2n) is 2.93. The molecule has 15 heavy (non-hydrogen) atoms. The van der Waals surface area contributed by atoms with Crippen molar-refractivity contribution < 1.29 is 36.6 Å². The van der Waals surface area contributed by atoms with Gasteiger partial charge < -0.3 is 10.0 Å². The predicted molar refractivity (Wildman–Crippen MR) is 34.1 cm³/mol. The van der Waals surface area contributed by atoms with E-state index in [9.17, 15) is 31.5 Å². The van der Waals surface area contributed by atoms with Crippen LogP contribution in [-0.2, 0) is 9.59 Å². The van der Waals surface area contributed by atoms with Crippen molar-refractivity contribution in [2.45, 2.75) is 18.1 Å². The number of carbonyl (C=O) groups excluding carboxylic acids is 1. The third kappa shape index (κ3) is 1.85. The summed E-state index contributed by atoms with van der Waals surface area (Å²) in [6, 6.07) is -2.73. The van der Waals surface area contributed by atoms with Crippen molar-refractivity contribution in [3.63, 3.8) is 0 Å². The van der Waals surface area contributed by atoms with Crippen LogP contribution in [0.3, 0.4) is 0 Å². The third-order valence-corrected chi connectivity index (χ3v) is 1.83. The first-order valence-electron chi connectivity index (χ1n) is 3.56. The molecule has 0 aromatic carbocycles. The number of hydrogen-bond donors (Lipinski definition) is 1. The average Bonchev–Trinajstić information content (AvgIpc) is 1.95. The standard InChI is InChI=1S/C6H4F5NO3/c7-5(8)1-12(2(5)3(13)14)4(15)6(9,10)11/h2H,1H2,(H,13,14). The van der Waals surface area contributed by atoms with Gasteiger partial charge in [-0.1, -0.05) is 0 Å². The normalized spacial score (nSPS) is 24.6. The summed E-state index contributed by atoms with van der Waals surface area (Å²) in [6.07, 6.45) is -5.34. The molecule has 1 heterocycles. The van der Waals surface area contributed by atoms with E-state index in [4.69, 9.17) is 5.11 Å². The smallest absolute Gasteiger partial charge is 0.471 e. The molecular formula is C6H4F5NO3. The second kappa shape index (κ2) is 3.04. The van der Waals surface area contributed by atoms with Crippen LogP contribution < -0.4 is 0 Å². The number of carboxylic acids is 1. The van der Waals surface area contributed by atoms with Gasteiger partial charge in [0, 0.05) is 0 Å². The van der Waals surface area contributed by atoms with Crippen LogP contribution in [0.1, 0.15) is 0 Å². The summed E-state index contributed by atoms with van der Waals surface area (Å²) < 4.78 is 60.4. The maximum Gasteiger partial charge on any atom is 0.471 e. The summed E-state index contributed by atoms with van der Waals surface area (Å²) >= 11 is 0. The number of hydrogen-bond acceptors (Lipinski definition) is 2. The molecule has 1 aliphatic rings. The van der Waals surface area contributed by atoms with E-state index in [0.717, 1.165) is 0 Å². The molecule has 1 saturated heterocycles. The van der Waals surface area contributed by atoms with Crippen LogP contribution in [0, 0.1) is 0 Å². The van der Waals surface area contributed by atoms with E-state index >= 15 is 0 Å². The number of halogens is 5. The highest BCUT2D eigenvalue weighted by Gasteiger charge is 2.64. The van der Waals surface area contributed by atoms with Gasteiger partial charge in [-0.2, -0.15) is 13.2 Å². The van der Waals surface area contributed by atoms with Gasteiger partial charge in [-0.25, -0.2) is 13.6 Å². The van der Waals surface area contributed by atoms with E-state index in [1.54, 1.807) is 0 Å². The molecule has 1 unspecified atom stereocenters. The molecule has 1 rings (SSSR count). The number of carbonyl (C=O) groups is 2. The molecular weight excluding hydrogens is 229 g/mol. The van der Waals surface area contributed by atoms with Crippen molar-refractivity contribution in [2.24, 2.45) is 0 Å². The Morgan fingerprint density at radius 2 is 1.80 bits per heavy atom. The van der Waals surface area contributed by atoms with E-state index in [0.29, 0.717) is 0 Å². The van der Waals surface area contributed by atoms with Gasteiger partial charge in [-0.3, -0.25) is 4.79 Å². The lowest BCUT2D eigenvalue weighted by Crippen LogP contribution is -2.71. The molecule has 1 aliphatic heterocycles. The number of likely N-dealkylation sites (tertiary alicyclic amines) is 1. The van der Waals surface area contributed by atoms with Crippen LogP contribution in [0.5, 0.6) is 0 Å². The lowest BCUT2D eigenvalue weighted by Gasteiger charge is -2.44. The Morgan fingerprint density at radius 3 is 2.07 bits per heavy atom. The fourth-order valence-electron chi connectivity index (χ4n) is 1.19. The molecule has 1 fully saturated rings. The van der Waals surface area contributed by atoms with Crippen LogP contribution in [0.2, 0.25) is 0 Å². The van der Waals surface area contributed by atoms with E-state index in [-0.39, 0.29) is 0 Å². The van der Waals surface area contributed by atoms with E-state index < -0.39 is 41.5 Å². The molecule has 1 atom stereocenters. The topological polar surface area (TPSA) is 57.6 Å². The van der Waals surface area contributed by atoms with Gasteiger partial charge in [-0.05, 0) is 0 Å². The van der Waals surface area contributed by atoms with Crippen molar-refractivity contribution >= 4 is 11.9 Å². The minimum Gasteiger partial charge on any atom is -0.480 e. The summed E-state index contributed by atoms with van der Waals surface area (Å²) in [5.41, 5.74) is 0. The Kier molecular flexibility index (Phi) is 2.36. The van der Waals surface area contributed by atoms with Gasteiger partial charge in [-0.15, -0.1) is 0 Å².